The van der Waals surface area contributed by atoms with Crippen LogP contribution in [0.1, 0.15) is 0 Å². The Balaban J connectivity index is 0.997. The maximum absolute atomic E-state index is 5.28. The minimum absolute atomic E-state index is 0.641. The van der Waals surface area contributed by atoms with E-state index in [0.29, 0.717) is 17.5 Å². The summed E-state index contributed by atoms with van der Waals surface area (Å²) in [5.41, 5.74) is 7.61. The number of nitrogens with zero attached hydrogens (tertiary/aromatic N) is 3. The molecule has 0 unspecified atom stereocenters. The van der Waals surface area contributed by atoms with Crippen LogP contribution in [0.25, 0.3) is 120 Å². The van der Waals surface area contributed by atoms with Crippen LogP contribution in [0.3, 0.4) is 0 Å². The summed E-state index contributed by atoms with van der Waals surface area (Å²) < 4.78 is 2.46. The van der Waals surface area contributed by atoms with Gasteiger partial charge in [0.05, 0.1) is 0 Å². The standard InChI is InChI=1S/C55H33N3S/c1-3-15-44-34(10-1)12-8-18-46(44)41-28-27-39-30-38(25-26-40(39)31-41)37-13-7-14-42(32-37)53-56-54(43-29-24-36-23-22-35-11-2-4-16-45(35)49(36)33-43)58-55(57-53)48-19-9-21-51-52(48)47-17-5-6-20-50(47)59-51/h1-33H. The van der Waals surface area contributed by atoms with E-state index in [1.54, 1.807) is 11.3 Å². The van der Waals surface area contributed by atoms with Crippen molar-refractivity contribution in [1.82, 2.24) is 15.0 Å². The Kier molecular flexibility index (Phi) is 7.72. The predicted octanol–water partition coefficient (Wildman–Crippen LogP) is 15.2. The predicted molar refractivity (Wildman–Crippen MR) is 250 cm³/mol. The SMILES string of the molecule is c1cc(-c2ccc3cc(-c4cccc5ccccc45)ccc3c2)cc(-c2nc(-c3ccc4ccc5ccccc5c4c3)nc(-c3cccc4sc5ccccc5c34)n2)c1. The second kappa shape index (κ2) is 13.6. The number of rotatable bonds is 5. The van der Waals surface area contributed by atoms with Crippen LogP contribution < -0.4 is 0 Å². The van der Waals surface area contributed by atoms with E-state index >= 15 is 0 Å². The monoisotopic (exact) mass is 767 g/mol. The summed E-state index contributed by atoms with van der Waals surface area (Å²) in [7, 11) is 0. The maximum atomic E-state index is 5.28. The van der Waals surface area contributed by atoms with Gasteiger partial charge in [-0.15, -0.1) is 11.3 Å². The molecule has 274 valence electrons. The van der Waals surface area contributed by atoms with Gasteiger partial charge in [-0.1, -0.05) is 164 Å². The Morgan fingerprint density at radius 2 is 0.780 bits per heavy atom. The summed E-state index contributed by atoms with van der Waals surface area (Å²) in [4.78, 5) is 15.8. The lowest BCUT2D eigenvalue weighted by molar-refractivity contribution is 1.08. The summed E-state index contributed by atoms with van der Waals surface area (Å²) in [5, 5.41) is 12.1. The molecule has 2 heterocycles. The summed E-state index contributed by atoms with van der Waals surface area (Å²) in [5.74, 6) is 1.95. The lowest BCUT2D eigenvalue weighted by atomic mass is 9.94. The first-order chi connectivity index (χ1) is 29.2. The van der Waals surface area contributed by atoms with Crippen LogP contribution in [0, 0.1) is 0 Å². The lowest BCUT2D eigenvalue weighted by Gasteiger charge is -2.12. The molecule has 0 fully saturated rings. The molecule has 0 aliphatic carbocycles. The first-order valence-electron chi connectivity index (χ1n) is 19.9. The molecule has 0 spiro atoms. The van der Waals surface area contributed by atoms with Gasteiger partial charge in [-0.05, 0) is 102 Å². The van der Waals surface area contributed by atoms with Gasteiger partial charge in [-0.3, -0.25) is 0 Å². The summed E-state index contributed by atoms with van der Waals surface area (Å²) in [6.07, 6.45) is 0. The van der Waals surface area contributed by atoms with Crippen molar-refractivity contribution in [3.63, 3.8) is 0 Å². The number of hydrogen-bond donors (Lipinski definition) is 0. The largest absolute Gasteiger partial charge is 0.208 e. The molecule has 0 atom stereocenters. The van der Waals surface area contributed by atoms with E-state index < -0.39 is 0 Å². The first kappa shape index (κ1) is 33.6. The van der Waals surface area contributed by atoms with E-state index in [4.69, 9.17) is 15.0 Å². The Morgan fingerprint density at radius 3 is 1.63 bits per heavy atom. The van der Waals surface area contributed by atoms with Crippen molar-refractivity contribution in [2.45, 2.75) is 0 Å². The quantitative estimate of drug-likeness (QED) is 0.164. The van der Waals surface area contributed by atoms with Crippen molar-refractivity contribution >= 4 is 74.6 Å². The summed E-state index contributed by atoms with van der Waals surface area (Å²) in [6, 6.07) is 71.8. The van der Waals surface area contributed by atoms with Crippen LogP contribution in [-0.2, 0) is 0 Å². The molecule has 0 saturated carbocycles. The van der Waals surface area contributed by atoms with Gasteiger partial charge in [0.1, 0.15) is 0 Å². The van der Waals surface area contributed by atoms with Crippen LogP contribution in [0.15, 0.2) is 200 Å². The third-order valence-electron chi connectivity index (χ3n) is 11.7. The van der Waals surface area contributed by atoms with Gasteiger partial charge >= 0.3 is 0 Å². The van der Waals surface area contributed by atoms with E-state index in [-0.39, 0.29) is 0 Å². The molecular formula is C55H33N3S. The number of thiophene rings is 1. The van der Waals surface area contributed by atoms with E-state index in [1.165, 1.54) is 74.4 Å². The normalized spacial score (nSPS) is 11.7. The molecular weight excluding hydrogens is 735 g/mol. The molecule has 4 heteroatoms. The highest BCUT2D eigenvalue weighted by Crippen LogP contribution is 2.40. The Labute approximate surface area is 344 Å². The van der Waals surface area contributed by atoms with Gasteiger partial charge < -0.3 is 0 Å². The number of aromatic nitrogens is 3. The van der Waals surface area contributed by atoms with E-state index in [1.807, 2.05) is 0 Å². The third-order valence-corrected chi connectivity index (χ3v) is 12.8. The topological polar surface area (TPSA) is 38.7 Å². The van der Waals surface area contributed by atoms with Crippen LogP contribution in [0.5, 0.6) is 0 Å². The zero-order valence-corrected chi connectivity index (χ0v) is 32.6. The molecule has 12 rings (SSSR count). The van der Waals surface area contributed by atoms with E-state index in [0.717, 1.165) is 27.8 Å². The average Bonchev–Trinajstić information content (AvgIpc) is 3.70. The van der Waals surface area contributed by atoms with E-state index in [9.17, 15) is 0 Å². The number of fused-ring (bicyclic) bond motifs is 8. The second-order valence-corrected chi connectivity index (χ2v) is 16.3. The minimum Gasteiger partial charge on any atom is -0.208 e. The maximum Gasteiger partial charge on any atom is 0.164 e. The molecule has 59 heavy (non-hydrogen) atoms. The highest BCUT2D eigenvalue weighted by atomic mass is 32.1. The van der Waals surface area contributed by atoms with Gasteiger partial charge in [-0.2, -0.15) is 0 Å². The van der Waals surface area contributed by atoms with Gasteiger partial charge in [0.2, 0.25) is 0 Å². The minimum atomic E-state index is 0.641. The van der Waals surface area contributed by atoms with Gasteiger partial charge in [-0.25, -0.2) is 15.0 Å². The third kappa shape index (κ3) is 5.76. The van der Waals surface area contributed by atoms with Crippen LogP contribution in [0.2, 0.25) is 0 Å². The van der Waals surface area contributed by atoms with Gasteiger partial charge in [0, 0.05) is 36.9 Å². The van der Waals surface area contributed by atoms with Crippen LogP contribution in [-0.4, -0.2) is 15.0 Å². The molecule has 0 aliphatic heterocycles. The molecule has 0 aliphatic rings. The zero-order valence-electron chi connectivity index (χ0n) is 31.8. The van der Waals surface area contributed by atoms with E-state index in [2.05, 4.69) is 200 Å². The van der Waals surface area contributed by atoms with Crippen molar-refractivity contribution in [3.8, 4) is 56.4 Å². The molecule has 2 aromatic heterocycles. The molecule has 3 nitrogen and oxygen atoms in total. The fraction of sp³-hybridized carbons (Fsp3) is 0. The lowest BCUT2D eigenvalue weighted by Crippen LogP contribution is -2.00. The Bertz CT molecular complexity index is 3630. The average molecular weight is 768 g/mol. The molecule has 10 aromatic carbocycles. The fourth-order valence-electron chi connectivity index (χ4n) is 8.76. The van der Waals surface area contributed by atoms with Crippen molar-refractivity contribution in [2.75, 3.05) is 0 Å². The molecule has 0 saturated heterocycles. The van der Waals surface area contributed by atoms with Gasteiger partial charge in [0.15, 0.2) is 17.5 Å². The molecule has 0 N–H and O–H groups in total. The number of benzene rings is 10. The van der Waals surface area contributed by atoms with Crippen molar-refractivity contribution in [2.24, 2.45) is 0 Å². The molecule has 0 amide bonds. The second-order valence-electron chi connectivity index (χ2n) is 15.2. The number of hydrogen-bond acceptors (Lipinski definition) is 4. The zero-order chi connectivity index (χ0) is 38.9. The fourth-order valence-corrected chi connectivity index (χ4v) is 9.90. The summed E-state index contributed by atoms with van der Waals surface area (Å²) >= 11 is 1.80. The smallest absolute Gasteiger partial charge is 0.164 e. The Hall–Kier alpha value is -7.53. The Morgan fingerprint density at radius 1 is 0.271 bits per heavy atom. The molecule has 12 aromatic rings. The highest BCUT2D eigenvalue weighted by molar-refractivity contribution is 7.25. The van der Waals surface area contributed by atoms with Crippen LogP contribution >= 0.6 is 11.3 Å². The first-order valence-corrected chi connectivity index (χ1v) is 20.7. The molecule has 0 bridgehead atoms. The molecule has 0 radical (unpaired) electrons. The summed E-state index contributed by atoms with van der Waals surface area (Å²) in [6.45, 7) is 0. The van der Waals surface area contributed by atoms with Gasteiger partial charge in [0.25, 0.3) is 0 Å². The highest BCUT2D eigenvalue weighted by Gasteiger charge is 2.18. The van der Waals surface area contributed by atoms with Crippen LogP contribution in [0.4, 0.5) is 0 Å². The van der Waals surface area contributed by atoms with Crippen molar-refractivity contribution in [1.29, 1.82) is 0 Å². The van der Waals surface area contributed by atoms with Crippen molar-refractivity contribution in [3.05, 3.63) is 200 Å². The van der Waals surface area contributed by atoms with Crippen molar-refractivity contribution < 1.29 is 0 Å².